The molecule has 1 aliphatic heterocycles. The van der Waals surface area contributed by atoms with Gasteiger partial charge in [-0.15, -0.1) is 0 Å². The summed E-state index contributed by atoms with van der Waals surface area (Å²) in [5, 5.41) is 9.80. The molecule has 0 atom stereocenters. The molecule has 5 heteroatoms. The first kappa shape index (κ1) is 16.7. The topological polar surface area (TPSA) is 58.3 Å². The molecule has 24 heavy (non-hydrogen) atoms. The Morgan fingerprint density at radius 2 is 2.17 bits per heavy atom. The molecule has 5 nitrogen and oxygen atoms in total. The van der Waals surface area contributed by atoms with E-state index in [1.165, 1.54) is 0 Å². The van der Waals surface area contributed by atoms with Crippen molar-refractivity contribution in [3.63, 3.8) is 0 Å². The van der Waals surface area contributed by atoms with Crippen LogP contribution in [0.3, 0.4) is 0 Å². The number of carbonyl (C=O) groups is 1. The second-order valence-corrected chi connectivity index (χ2v) is 6.90. The molecule has 1 aromatic carbocycles. The molecule has 1 aromatic heterocycles. The summed E-state index contributed by atoms with van der Waals surface area (Å²) >= 11 is 0. The van der Waals surface area contributed by atoms with Crippen LogP contribution < -0.4 is 0 Å². The fourth-order valence-electron chi connectivity index (χ4n) is 3.36. The van der Waals surface area contributed by atoms with Gasteiger partial charge in [-0.25, -0.2) is 0 Å². The van der Waals surface area contributed by atoms with Gasteiger partial charge in [0.15, 0.2) is 5.78 Å². The third kappa shape index (κ3) is 3.50. The molecule has 2 heterocycles. The van der Waals surface area contributed by atoms with Gasteiger partial charge in [0.25, 0.3) is 0 Å². The molecule has 0 bridgehead atoms. The van der Waals surface area contributed by atoms with Crippen molar-refractivity contribution in [3.05, 3.63) is 36.0 Å². The number of para-hydroxylation sites is 1. The van der Waals surface area contributed by atoms with E-state index in [4.69, 9.17) is 10.00 Å². The van der Waals surface area contributed by atoms with Gasteiger partial charge in [-0.1, -0.05) is 18.2 Å². The lowest BCUT2D eigenvalue weighted by Gasteiger charge is -2.37. The molecule has 1 saturated heterocycles. The summed E-state index contributed by atoms with van der Waals surface area (Å²) < 4.78 is 7.72. The maximum atomic E-state index is 12.9. The number of morpholine rings is 1. The number of ether oxygens (including phenoxy) is 1. The standard InChI is InChI=1S/C19H23N3O2/c1-19(2)14-21(10-11-24-19)13-18(23)16-12-22(9-5-8-20)17-7-4-3-6-15(16)17/h3-4,6-7,12H,5,9-11,13-14H2,1-2H3. The minimum Gasteiger partial charge on any atom is -0.373 e. The van der Waals surface area contributed by atoms with E-state index in [2.05, 4.69) is 24.8 Å². The van der Waals surface area contributed by atoms with Crippen molar-refractivity contribution in [2.24, 2.45) is 0 Å². The van der Waals surface area contributed by atoms with Crippen molar-refractivity contribution in [1.29, 1.82) is 5.26 Å². The first-order chi connectivity index (χ1) is 11.5. The third-order valence-corrected chi connectivity index (χ3v) is 4.43. The lowest BCUT2D eigenvalue weighted by Crippen LogP contribution is -2.49. The molecule has 1 aliphatic rings. The van der Waals surface area contributed by atoms with E-state index < -0.39 is 0 Å². The largest absolute Gasteiger partial charge is 0.373 e. The highest BCUT2D eigenvalue weighted by atomic mass is 16.5. The number of Topliss-reactive ketones (excluding diaryl/α,β-unsaturated/α-hetero) is 1. The Bertz CT molecular complexity index is 785. The Hall–Kier alpha value is -2.16. The zero-order valence-corrected chi connectivity index (χ0v) is 14.3. The average Bonchev–Trinajstić information content (AvgIpc) is 2.91. The summed E-state index contributed by atoms with van der Waals surface area (Å²) in [4.78, 5) is 15.0. The number of rotatable bonds is 5. The summed E-state index contributed by atoms with van der Waals surface area (Å²) in [6.07, 6.45) is 2.33. The van der Waals surface area contributed by atoms with E-state index in [1.807, 2.05) is 35.0 Å². The van der Waals surface area contributed by atoms with E-state index in [0.717, 1.165) is 29.6 Å². The summed E-state index contributed by atoms with van der Waals surface area (Å²) in [6, 6.07) is 10.1. The number of hydrogen-bond acceptors (Lipinski definition) is 4. The van der Waals surface area contributed by atoms with Crippen LogP contribution >= 0.6 is 0 Å². The zero-order valence-electron chi connectivity index (χ0n) is 14.3. The van der Waals surface area contributed by atoms with Gasteiger partial charge in [0, 0.05) is 42.3 Å². The molecule has 2 aromatic rings. The minimum absolute atomic E-state index is 0.125. The van der Waals surface area contributed by atoms with Crippen LogP contribution in [-0.2, 0) is 11.3 Å². The van der Waals surface area contributed by atoms with E-state index in [-0.39, 0.29) is 11.4 Å². The number of carbonyl (C=O) groups excluding carboxylic acids is 1. The van der Waals surface area contributed by atoms with Crippen molar-refractivity contribution in [2.45, 2.75) is 32.4 Å². The van der Waals surface area contributed by atoms with Gasteiger partial charge >= 0.3 is 0 Å². The van der Waals surface area contributed by atoms with Crippen LogP contribution in [0.2, 0.25) is 0 Å². The predicted molar refractivity (Wildman–Crippen MR) is 93.0 cm³/mol. The number of fused-ring (bicyclic) bond motifs is 1. The molecule has 0 N–H and O–H groups in total. The molecule has 0 radical (unpaired) electrons. The van der Waals surface area contributed by atoms with Crippen LogP contribution in [0, 0.1) is 11.3 Å². The minimum atomic E-state index is -0.209. The number of aryl methyl sites for hydroxylation is 1. The maximum Gasteiger partial charge on any atom is 0.178 e. The van der Waals surface area contributed by atoms with Crippen LogP contribution in [0.1, 0.15) is 30.6 Å². The SMILES string of the molecule is CC1(C)CN(CC(=O)c2cn(CCC#N)c3ccccc23)CCO1. The van der Waals surface area contributed by atoms with E-state index in [0.29, 0.717) is 26.1 Å². The Kier molecular flexibility index (Phi) is 4.70. The second kappa shape index (κ2) is 6.76. The quantitative estimate of drug-likeness (QED) is 0.793. The van der Waals surface area contributed by atoms with Crippen LogP contribution in [0.15, 0.2) is 30.5 Å². The molecule has 3 rings (SSSR count). The Labute approximate surface area is 142 Å². The fourth-order valence-corrected chi connectivity index (χ4v) is 3.36. The van der Waals surface area contributed by atoms with Crippen molar-refractivity contribution in [3.8, 4) is 6.07 Å². The number of hydrogen-bond donors (Lipinski definition) is 0. The number of aromatic nitrogens is 1. The van der Waals surface area contributed by atoms with Gasteiger partial charge in [0.1, 0.15) is 0 Å². The van der Waals surface area contributed by atoms with Crippen molar-refractivity contribution in [1.82, 2.24) is 9.47 Å². The molecule has 126 valence electrons. The molecule has 0 saturated carbocycles. The lowest BCUT2D eigenvalue weighted by molar-refractivity contribution is -0.0833. The van der Waals surface area contributed by atoms with Gasteiger partial charge in [0.2, 0.25) is 0 Å². The maximum absolute atomic E-state index is 12.9. The molecule has 0 aliphatic carbocycles. The van der Waals surface area contributed by atoms with Crippen molar-refractivity contribution >= 4 is 16.7 Å². The van der Waals surface area contributed by atoms with Crippen LogP contribution in [0.4, 0.5) is 0 Å². The van der Waals surface area contributed by atoms with Gasteiger partial charge in [-0.2, -0.15) is 5.26 Å². The van der Waals surface area contributed by atoms with Crippen molar-refractivity contribution < 1.29 is 9.53 Å². The Balaban J connectivity index is 1.83. The predicted octanol–water partition coefficient (Wildman–Crippen LogP) is 2.85. The average molecular weight is 325 g/mol. The van der Waals surface area contributed by atoms with Crippen LogP contribution in [0.25, 0.3) is 10.9 Å². The summed E-state index contributed by atoms with van der Waals surface area (Å²) in [6.45, 7) is 7.31. The first-order valence-electron chi connectivity index (χ1n) is 8.34. The van der Waals surface area contributed by atoms with Gasteiger partial charge < -0.3 is 9.30 Å². The monoisotopic (exact) mass is 325 g/mol. The van der Waals surface area contributed by atoms with Crippen molar-refractivity contribution in [2.75, 3.05) is 26.2 Å². The Morgan fingerprint density at radius 3 is 2.92 bits per heavy atom. The fraction of sp³-hybridized carbons (Fsp3) is 0.474. The zero-order chi connectivity index (χ0) is 17.2. The van der Waals surface area contributed by atoms with Gasteiger partial charge in [-0.05, 0) is 19.9 Å². The second-order valence-electron chi connectivity index (χ2n) is 6.90. The summed E-state index contributed by atoms with van der Waals surface area (Å²) in [5.74, 6) is 0.125. The third-order valence-electron chi connectivity index (χ3n) is 4.43. The highest BCUT2D eigenvalue weighted by molar-refractivity contribution is 6.09. The summed E-state index contributed by atoms with van der Waals surface area (Å²) in [7, 11) is 0. The molecule has 0 amide bonds. The van der Waals surface area contributed by atoms with Gasteiger partial charge in [0.05, 0.1) is 31.2 Å². The number of ketones is 1. The van der Waals surface area contributed by atoms with E-state index in [1.54, 1.807) is 0 Å². The molecule has 0 spiro atoms. The smallest absolute Gasteiger partial charge is 0.178 e. The van der Waals surface area contributed by atoms with E-state index in [9.17, 15) is 4.79 Å². The highest BCUT2D eigenvalue weighted by Gasteiger charge is 2.28. The van der Waals surface area contributed by atoms with E-state index >= 15 is 0 Å². The molecule has 1 fully saturated rings. The number of nitriles is 1. The summed E-state index contributed by atoms with van der Waals surface area (Å²) in [5.41, 5.74) is 1.55. The molecular weight excluding hydrogens is 302 g/mol. The van der Waals surface area contributed by atoms with Gasteiger partial charge in [-0.3, -0.25) is 9.69 Å². The molecule has 0 unspecified atom stereocenters. The molecular formula is C19H23N3O2. The first-order valence-corrected chi connectivity index (χ1v) is 8.34. The normalized spacial score (nSPS) is 17.7. The van der Waals surface area contributed by atoms with Crippen LogP contribution in [0.5, 0.6) is 0 Å². The lowest BCUT2D eigenvalue weighted by atomic mass is 10.1. The number of nitrogens with zero attached hydrogens (tertiary/aromatic N) is 3. The highest BCUT2D eigenvalue weighted by Crippen LogP contribution is 2.23. The number of benzene rings is 1. The Morgan fingerprint density at radius 1 is 1.38 bits per heavy atom. The van der Waals surface area contributed by atoms with Crippen LogP contribution in [-0.4, -0.2) is 47.1 Å².